The van der Waals surface area contributed by atoms with Crippen LogP contribution in [0.1, 0.15) is 59.3 Å². The number of Topliss-reactive ketones (excluding diaryl/α,β-unsaturated/α-hetero) is 1. The van der Waals surface area contributed by atoms with Gasteiger partial charge >= 0.3 is 6.09 Å². The van der Waals surface area contributed by atoms with E-state index >= 15 is 0 Å². The molecule has 5 rings (SSSR count). The van der Waals surface area contributed by atoms with Crippen molar-refractivity contribution in [1.29, 1.82) is 0 Å². The molecule has 1 heterocycles. The molecule has 5 aliphatic rings. The number of ketones is 2. The van der Waals surface area contributed by atoms with Crippen molar-refractivity contribution >= 4 is 23.9 Å². The Kier molecular flexibility index (Phi) is 6.69. The summed E-state index contributed by atoms with van der Waals surface area (Å²) >= 11 is 0. The Hall–Kier alpha value is -2.36. The summed E-state index contributed by atoms with van der Waals surface area (Å²) in [5.74, 6) is -0.318. The molecule has 37 heavy (non-hydrogen) atoms. The first-order valence-electron chi connectivity index (χ1n) is 13.4. The highest BCUT2D eigenvalue weighted by Gasteiger charge is 2.75. The van der Waals surface area contributed by atoms with Crippen molar-refractivity contribution < 1.29 is 38.5 Å². The van der Waals surface area contributed by atoms with Crippen molar-refractivity contribution in [3.8, 4) is 0 Å². The van der Waals surface area contributed by atoms with Gasteiger partial charge in [0.15, 0.2) is 24.3 Å². The first-order chi connectivity index (χ1) is 17.6. The average Bonchev–Trinajstić information content (AvgIpc) is 3.33. The standard InChI is InChI=1S/C28H37NO8/c1-4-5-23-36-22-13-19-18-7-6-16-12-17(31)8-9-26(16,2)24(18)20(32)14-27(19,3)28(22,37-23)21(33)15-35-25(34)29-10-11-30/h8-9,11-12,18-20,22-24,32H,4-7,10,13-15H2,1-3H3,(H,29,34). The zero-order valence-electron chi connectivity index (χ0n) is 21.7. The Morgan fingerprint density at radius 3 is 2.84 bits per heavy atom. The fourth-order valence-electron chi connectivity index (χ4n) is 8.42. The minimum Gasteiger partial charge on any atom is -0.441 e. The third kappa shape index (κ3) is 3.84. The molecule has 9 nitrogen and oxygen atoms in total. The van der Waals surface area contributed by atoms with E-state index in [1.807, 2.05) is 19.9 Å². The van der Waals surface area contributed by atoms with Crippen LogP contribution in [-0.4, -0.2) is 66.3 Å². The number of aliphatic hydroxyl groups excluding tert-OH is 1. The van der Waals surface area contributed by atoms with Crippen molar-refractivity contribution in [2.75, 3.05) is 13.2 Å². The van der Waals surface area contributed by atoms with Crippen LogP contribution < -0.4 is 5.32 Å². The molecular weight excluding hydrogens is 478 g/mol. The normalized spacial score (nSPS) is 43.7. The van der Waals surface area contributed by atoms with Gasteiger partial charge in [0, 0.05) is 16.7 Å². The second kappa shape index (κ2) is 9.43. The van der Waals surface area contributed by atoms with Gasteiger partial charge in [-0.25, -0.2) is 4.79 Å². The Bertz CT molecular complexity index is 1050. The molecule has 0 spiro atoms. The number of hydrogen-bond acceptors (Lipinski definition) is 8. The number of aldehydes is 1. The smallest absolute Gasteiger partial charge is 0.407 e. The van der Waals surface area contributed by atoms with E-state index in [0.717, 1.165) is 24.8 Å². The molecule has 9 unspecified atom stereocenters. The van der Waals surface area contributed by atoms with Crippen LogP contribution in [0.25, 0.3) is 0 Å². The Balaban J connectivity index is 1.47. The SMILES string of the molecule is CCCC1OC2CC3C4CCC5=CC(=O)C=CC5(C)C4C(O)CC3(C)C2(C(=O)COC(=O)NCC=O)O1. The number of alkyl carbamates (subject to hydrolysis) is 1. The van der Waals surface area contributed by atoms with E-state index < -0.39 is 47.6 Å². The summed E-state index contributed by atoms with van der Waals surface area (Å²) in [4.78, 5) is 48.5. The second-order valence-electron chi connectivity index (χ2n) is 11.7. The summed E-state index contributed by atoms with van der Waals surface area (Å²) in [6.07, 6.45) is 7.19. The van der Waals surface area contributed by atoms with Crippen molar-refractivity contribution in [3.63, 3.8) is 0 Å². The molecule has 0 radical (unpaired) electrons. The van der Waals surface area contributed by atoms with E-state index in [1.165, 1.54) is 0 Å². The maximum atomic E-state index is 13.9. The number of ether oxygens (including phenoxy) is 3. The highest BCUT2D eigenvalue weighted by molar-refractivity contribution is 6.01. The summed E-state index contributed by atoms with van der Waals surface area (Å²) < 4.78 is 18.0. The first kappa shape index (κ1) is 26.3. The van der Waals surface area contributed by atoms with Gasteiger partial charge in [-0.3, -0.25) is 9.59 Å². The molecule has 0 bridgehead atoms. The number of aliphatic hydroxyl groups is 1. The van der Waals surface area contributed by atoms with E-state index in [-0.39, 0.29) is 35.9 Å². The van der Waals surface area contributed by atoms with Gasteiger partial charge in [-0.05, 0) is 56.1 Å². The van der Waals surface area contributed by atoms with Gasteiger partial charge < -0.3 is 29.4 Å². The molecule has 3 saturated carbocycles. The Morgan fingerprint density at radius 1 is 1.32 bits per heavy atom. The van der Waals surface area contributed by atoms with Gasteiger partial charge in [0.05, 0.1) is 18.8 Å². The summed E-state index contributed by atoms with van der Waals surface area (Å²) in [5.41, 5.74) is -1.42. The van der Waals surface area contributed by atoms with E-state index in [2.05, 4.69) is 12.2 Å². The topological polar surface area (TPSA) is 128 Å². The lowest BCUT2D eigenvalue weighted by Gasteiger charge is -2.59. The maximum absolute atomic E-state index is 13.9. The van der Waals surface area contributed by atoms with E-state index in [1.54, 1.807) is 12.2 Å². The monoisotopic (exact) mass is 515 g/mol. The largest absolute Gasteiger partial charge is 0.441 e. The van der Waals surface area contributed by atoms with Crippen LogP contribution in [0.15, 0.2) is 23.8 Å². The van der Waals surface area contributed by atoms with Crippen molar-refractivity contribution in [3.05, 3.63) is 23.8 Å². The van der Waals surface area contributed by atoms with Gasteiger partial charge in [0.25, 0.3) is 0 Å². The van der Waals surface area contributed by atoms with Gasteiger partial charge in [0.2, 0.25) is 5.78 Å². The lowest BCUT2D eigenvalue weighted by molar-refractivity contribution is -0.200. The number of allylic oxidation sites excluding steroid dienone is 4. The number of rotatable bonds is 7. The maximum Gasteiger partial charge on any atom is 0.407 e. The minimum atomic E-state index is -1.34. The van der Waals surface area contributed by atoms with Crippen LogP contribution in [0.2, 0.25) is 0 Å². The van der Waals surface area contributed by atoms with E-state index in [0.29, 0.717) is 25.5 Å². The lowest BCUT2D eigenvalue weighted by atomic mass is 9.46. The van der Waals surface area contributed by atoms with E-state index in [9.17, 15) is 24.3 Å². The van der Waals surface area contributed by atoms with Crippen molar-refractivity contribution in [1.82, 2.24) is 5.32 Å². The van der Waals surface area contributed by atoms with Crippen LogP contribution in [0.3, 0.4) is 0 Å². The van der Waals surface area contributed by atoms with Crippen LogP contribution in [0, 0.1) is 28.6 Å². The predicted octanol–water partition coefficient (Wildman–Crippen LogP) is 2.65. The van der Waals surface area contributed by atoms with Crippen LogP contribution >= 0.6 is 0 Å². The fourth-order valence-corrected chi connectivity index (χ4v) is 8.42. The highest BCUT2D eigenvalue weighted by Crippen LogP contribution is 2.69. The second-order valence-corrected chi connectivity index (χ2v) is 11.7. The van der Waals surface area contributed by atoms with Gasteiger partial charge in [0.1, 0.15) is 6.29 Å². The van der Waals surface area contributed by atoms with Gasteiger partial charge in [-0.2, -0.15) is 0 Å². The van der Waals surface area contributed by atoms with Crippen molar-refractivity contribution in [2.45, 2.75) is 83.4 Å². The van der Waals surface area contributed by atoms with Gasteiger partial charge in [-0.15, -0.1) is 0 Å². The van der Waals surface area contributed by atoms with Crippen LogP contribution in [0.5, 0.6) is 0 Å². The number of hydrogen-bond donors (Lipinski definition) is 2. The molecule has 0 aromatic rings. The molecule has 4 fully saturated rings. The highest BCUT2D eigenvalue weighted by atomic mass is 16.7. The number of fused-ring (bicyclic) bond motifs is 7. The molecular formula is C28H37NO8. The molecule has 0 aromatic heterocycles. The molecule has 2 N–H and O–H groups in total. The summed E-state index contributed by atoms with van der Waals surface area (Å²) in [5, 5.41) is 14.0. The summed E-state index contributed by atoms with van der Waals surface area (Å²) in [6.45, 7) is 5.43. The van der Waals surface area contributed by atoms with Crippen molar-refractivity contribution in [2.24, 2.45) is 28.6 Å². The third-order valence-corrected chi connectivity index (χ3v) is 9.89. The fraction of sp³-hybridized carbons (Fsp3) is 0.714. The third-order valence-electron chi connectivity index (χ3n) is 9.89. The molecule has 9 heteroatoms. The molecule has 1 saturated heterocycles. The molecule has 1 amide bonds. The van der Waals surface area contributed by atoms with E-state index in [4.69, 9.17) is 14.2 Å². The molecule has 0 aromatic carbocycles. The Labute approximate surface area is 217 Å². The Morgan fingerprint density at radius 2 is 2.11 bits per heavy atom. The average molecular weight is 516 g/mol. The molecule has 9 atom stereocenters. The zero-order valence-corrected chi connectivity index (χ0v) is 21.7. The molecule has 1 aliphatic heterocycles. The zero-order chi connectivity index (χ0) is 26.6. The quantitative estimate of drug-likeness (QED) is 0.495. The van der Waals surface area contributed by atoms with Gasteiger partial charge in [-0.1, -0.05) is 38.8 Å². The summed E-state index contributed by atoms with van der Waals surface area (Å²) in [6, 6.07) is 0. The first-order valence-corrected chi connectivity index (χ1v) is 13.4. The van der Waals surface area contributed by atoms with Crippen LogP contribution in [-0.2, 0) is 28.6 Å². The minimum absolute atomic E-state index is 0.0121. The molecule has 4 aliphatic carbocycles. The number of nitrogens with one attached hydrogen (secondary N) is 1. The lowest BCUT2D eigenvalue weighted by Crippen LogP contribution is -2.63. The number of amides is 1. The number of carbonyl (C=O) groups is 4. The number of carbonyl (C=O) groups excluding carboxylic acids is 4. The predicted molar refractivity (Wildman–Crippen MR) is 131 cm³/mol. The molecule has 202 valence electrons. The summed E-state index contributed by atoms with van der Waals surface area (Å²) in [7, 11) is 0. The van der Waals surface area contributed by atoms with Crippen LogP contribution in [0.4, 0.5) is 4.79 Å².